The Bertz CT molecular complexity index is 695. The molecule has 0 heterocycles. The quantitative estimate of drug-likeness (QED) is 0.522. The zero-order valence-electron chi connectivity index (χ0n) is 12.5. The van der Waals surface area contributed by atoms with E-state index in [1.54, 1.807) is 6.07 Å². The second kappa shape index (κ2) is 6.76. The molecule has 5 heteroatoms. The van der Waals surface area contributed by atoms with E-state index in [1.807, 2.05) is 30.3 Å². The summed E-state index contributed by atoms with van der Waals surface area (Å²) in [6.07, 6.45) is 0. The molecule has 2 aromatic rings. The van der Waals surface area contributed by atoms with E-state index in [1.165, 1.54) is 20.1 Å². The van der Waals surface area contributed by atoms with Crippen molar-refractivity contribution in [3.05, 3.63) is 59.2 Å². The van der Waals surface area contributed by atoms with Gasteiger partial charge in [-0.2, -0.15) is 0 Å². The zero-order chi connectivity index (χ0) is 16.1. The molecular formula is C17H17NO4. The van der Waals surface area contributed by atoms with E-state index in [9.17, 15) is 9.59 Å². The smallest absolute Gasteiger partial charge is 0.340 e. The second-order valence-corrected chi connectivity index (χ2v) is 4.72. The average Bonchev–Trinajstić information content (AvgIpc) is 2.53. The molecule has 2 rings (SSSR count). The molecule has 0 fully saturated rings. The van der Waals surface area contributed by atoms with Crippen LogP contribution in [-0.4, -0.2) is 18.9 Å². The first-order valence-corrected chi connectivity index (χ1v) is 6.73. The van der Waals surface area contributed by atoms with Gasteiger partial charge in [0.05, 0.1) is 18.4 Å². The number of hydrogen-bond donors (Lipinski definition) is 1. The first kappa shape index (κ1) is 15.6. The maximum Gasteiger partial charge on any atom is 0.340 e. The number of hydrogen-bond acceptors (Lipinski definition) is 5. The van der Waals surface area contributed by atoms with Gasteiger partial charge < -0.3 is 15.2 Å². The number of anilines is 1. The molecule has 2 N–H and O–H groups in total. The Hall–Kier alpha value is -2.82. The number of nitrogen functional groups attached to an aromatic ring is 1. The van der Waals surface area contributed by atoms with Crippen LogP contribution in [0.2, 0.25) is 0 Å². The van der Waals surface area contributed by atoms with Crippen LogP contribution in [0.15, 0.2) is 42.5 Å². The fraction of sp³-hybridized carbons (Fsp3) is 0.176. The molecule has 0 unspecified atom stereocenters. The number of carbonyl (C=O) groups excluding carboxylic acids is 2. The minimum absolute atomic E-state index is 0.0422. The number of rotatable bonds is 5. The minimum atomic E-state index is -0.659. The van der Waals surface area contributed by atoms with E-state index < -0.39 is 5.97 Å². The maximum absolute atomic E-state index is 11.9. The predicted octanol–water partition coefficient (Wildman–Crippen LogP) is 2.84. The lowest BCUT2D eigenvalue weighted by molar-refractivity contribution is 0.0598. The molecule has 0 atom stereocenters. The Labute approximate surface area is 128 Å². The average molecular weight is 299 g/mol. The highest BCUT2D eigenvalue weighted by Crippen LogP contribution is 2.30. The van der Waals surface area contributed by atoms with Crippen LogP contribution in [0.5, 0.6) is 5.75 Å². The molecule has 114 valence electrons. The maximum atomic E-state index is 11.9. The van der Waals surface area contributed by atoms with Gasteiger partial charge in [0.15, 0.2) is 5.78 Å². The summed E-state index contributed by atoms with van der Waals surface area (Å²) in [6.45, 7) is 1.68. The van der Waals surface area contributed by atoms with Crippen LogP contribution in [-0.2, 0) is 11.3 Å². The number of Topliss-reactive ketones (excluding diaryl/α,β-unsaturated/α-hetero) is 1. The number of ketones is 1. The summed E-state index contributed by atoms with van der Waals surface area (Å²) in [5.74, 6) is -0.580. The molecule has 0 aromatic heterocycles. The van der Waals surface area contributed by atoms with Crippen molar-refractivity contribution in [1.29, 1.82) is 0 Å². The van der Waals surface area contributed by atoms with Crippen molar-refractivity contribution >= 4 is 17.4 Å². The van der Waals surface area contributed by atoms with Crippen LogP contribution in [0.3, 0.4) is 0 Å². The summed E-state index contributed by atoms with van der Waals surface area (Å²) in [5.41, 5.74) is 7.32. The van der Waals surface area contributed by atoms with E-state index in [2.05, 4.69) is 0 Å². The van der Waals surface area contributed by atoms with Crippen molar-refractivity contribution in [3.8, 4) is 5.75 Å². The molecule has 0 bridgehead atoms. The van der Waals surface area contributed by atoms with E-state index in [0.717, 1.165) is 5.56 Å². The molecule has 0 aliphatic heterocycles. The van der Waals surface area contributed by atoms with Crippen molar-refractivity contribution in [2.75, 3.05) is 12.8 Å². The van der Waals surface area contributed by atoms with Crippen molar-refractivity contribution in [1.82, 2.24) is 0 Å². The summed E-state index contributed by atoms with van der Waals surface area (Å²) in [7, 11) is 1.24. The summed E-state index contributed by atoms with van der Waals surface area (Å²) >= 11 is 0. The third-order valence-corrected chi connectivity index (χ3v) is 3.21. The van der Waals surface area contributed by atoms with Gasteiger partial charge in [-0.3, -0.25) is 4.79 Å². The van der Waals surface area contributed by atoms with Gasteiger partial charge in [-0.25, -0.2) is 4.79 Å². The number of esters is 1. The number of carbonyl (C=O) groups is 2. The Kier molecular flexibility index (Phi) is 4.78. The standard InChI is InChI=1S/C17H17NO4/c1-11(19)13-8-9-14(16(18)15(13)17(20)21-2)22-10-12-6-4-3-5-7-12/h3-9H,10,18H2,1-2H3. The van der Waals surface area contributed by atoms with E-state index in [4.69, 9.17) is 15.2 Å². The van der Waals surface area contributed by atoms with Gasteiger partial charge in [0, 0.05) is 5.56 Å². The Morgan fingerprint density at radius 3 is 2.36 bits per heavy atom. The van der Waals surface area contributed by atoms with Gasteiger partial charge in [0.25, 0.3) is 0 Å². The van der Waals surface area contributed by atoms with Crippen molar-refractivity contribution in [2.45, 2.75) is 13.5 Å². The number of ether oxygens (including phenoxy) is 2. The molecule has 0 saturated carbocycles. The van der Waals surface area contributed by atoms with E-state index in [0.29, 0.717) is 12.4 Å². The first-order valence-electron chi connectivity index (χ1n) is 6.73. The van der Waals surface area contributed by atoms with Crippen molar-refractivity contribution < 1.29 is 19.1 Å². The third kappa shape index (κ3) is 3.25. The third-order valence-electron chi connectivity index (χ3n) is 3.21. The lowest BCUT2D eigenvalue weighted by Crippen LogP contribution is -2.13. The normalized spacial score (nSPS) is 10.1. The largest absolute Gasteiger partial charge is 0.487 e. The van der Waals surface area contributed by atoms with Crippen LogP contribution in [0.25, 0.3) is 0 Å². The van der Waals surface area contributed by atoms with Gasteiger partial charge >= 0.3 is 5.97 Å². The molecule has 0 aliphatic carbocycles. The SMILES string of the molecule is COC(=O)c1c(C(C)=O)ccc(OCc2ccccc2)c1N. The highest BCUT2D eigenvalue weighted by molar-refractivity contribution is 6.09. The molecule has 5 nitrogen and oxygen atoms in total. The van der Waals surface area contributed by atoms with Gasteiger partial charge in [-0.15, -0.1) is 0 Å². The monoisotopic (exact) mass is 299 g/mol. The number of benzene rings is 2. The van der Waals surface area contributed by atoms with Crippen LogP contribution >= 0.6 is 0 Å². The lowest BCUT2D eigenvalue weighted by Gasteiger charge is -2.14. The summed E-state index contributed by atoms with van der Waals surface area (Å²) in [4.78, 5) is 23.5. The molecule has 22 heavy (non-hydrogen) atoms. The van der Waals surface area contributed by atoms with E-state index >= 15 is 0 Å². The second-order valence-electron chi connectivity index (χ2n) is 4.72. The Balaban J connectivity index is 2.33. The van der Waals surface area contributed by atoms with Gasteiger partial charge in [0.1, 0.15) is 12.4 Å². The summed E-state index contributed by atoms with van der Waals surface area (Å²) in [5, 5.41) is 0. The Morgan fingerprint density at radius 1 is 1.09 bits per heavy atom. The van der Waals surface area contributed by atoms with E-state index in [-0.39, 0.29) is 22.6 Å². The molecular weight excluding hydrogens is 282 g/mol. The predicted molar refractivity (Wildman–Crippen MR) is 83.0 cm³/mol. The van der Waals surface area contributed by atoms with Crippen LogP contribution in [0.4, 0.5) is 5.69 Å². The Morgan fingerprint density at radius 2 is 1.77 bits per heavy atom. The van der Waals surface area contributed by atoms with Crippen molar-refractivity contribution in [2.24, 2.45) is 0 Å². The summed E-state index contributed by atoms with van der Waals surface area (Å²) in [6, 6.07) is 12.7. The first-order chi connectivity index (χ1) is 10.5. The summed E-state index contributed by atoms with van der Waals surface area (Å²) < 4.78 is 10.3. The fourth-order valence-corrected chi connectivity index (χ4v) is 2.08. The zero-order valence-corrected chi connectivity index (χ0v) is 12.5. The fourth-order valence-electron chi connectivity index (χ4n) is 2.08. The lowest BCUT2D eigenvalue weighted by atomic mass is 10.0. The number of methoxy groups -OCH3 is 1. The molecule has 2 aromatic carbocycles. The van der Waals surface area contributed by atoms with Gasteiger partial charge in [0.2, 0.25) is 0 Å². The van der Waals surface area contributed by atoms with Crippen LogP contribution < -0.4 is 10.5 Å². The van der Waals surface area contributed by atoms with Crippen LogP contribution in [0, 0.1) is 0 Å². The molecule has 0 radical (unpaired) electrons. The van der Waals surface area contributed by atoms with Gasteiger partial charge in [-0.05, 0) is 24.6 Å². The highest BCUT2D eigenvalue weighted by atomic mass is 16.5. The topological polar surface area (TPSA) is 78.6 Å². The molecule has 0 saturated heterocycles. The van der Waals surface area contributed by atoms with Gasteiger partial charge in [-0.1, -0.05) is 30.3 Å². The molecule has 0 amide bonds. The van der Waals surface area contributed by atoms with Crippen molar-refractivity contribution in [3.63, 3.8) is 0 Å². The van der Waals surface area contributed by atoms with Crippen LogP contribution in [0.1, 0.15) is 33.2 Å². The number of nitrogens with two attached hydrogens (primary N) is 1. The highest BCUT2D eigenvalue weighted by Gasteiger charge is 2.21. The minimum Gasteiger partial charge on any atom is -0.487 e. The molecule has 0 spiro atoms. The molecule has 0 aliphatic rings.